The summed E-state index contributed by atoms with van der Waals surface area (Å²) in [6.07, 6.45) is 0.818. The Kier molecular flexibility index (Phi) is 5.18. The summed E-state index contributed by atoms with van der Waals surface area (Å²) in [5, 5.41) is 11.8. The van der Waals surface area contributed by atoms with Gasteiger partial charge in [0.25, 0.3) is 0 Å². The van der Waals surface area contributed by atoms with Crippen molar-refractivity contribution < 1.29 is 19.4 Å². The van der Waals surface area contributed by atoms with Crippen LogP contribution in [0.5, 0.6) is 5.75 Å². The summed E-state index contributed by atoms with van der Waals surface area (Å²) in [5.41, 5.74) is 0.271. The zero-order valence-electron chi connectivity index (χ0n) is 13.1. The molecule has 0 bridgehead atoms. The Morgan fingerprint density at radius 1 is 1.38 bits per heavy atom. The van der Waals surface area contributed by atoms with Crippen LogP contribution in [0.3, 0.4) is 0 Å². The number of nitrogens with one attached hydrogen (secondary N) is 1. The van der Waals surface area contributed by atoms with Crippen molar-refractivity contribution in [2.75, 3.05) is 19.5 Å². The Balaban J connectivity index is 2.94. The van der Waals surface area contributed by atoms with Gasteiger partial charge in [-0.15, -0.1) is 0 Å². The molecule has 21 heavy (non-hydrogen) atoms. The zero-order valence-corrected chi connectivity index (χ0v) is 13.1. The van der Waals surface area contributed by atoms with E-state index in [1.165, 1.54) is 25.3 Å². The number of carboxylic acids is 1. The molecule has 1 aromatic rings. The van der Waals surface area contributed by atoms with Gasteiger partial charge in [0.1, 0.15) is 11.3 Å². The molecular weight excluding hydrogens is 272 g/mol. The zero-order chi connectivity index (χ0) is 16.2. The number of amides is 2. The number of carbonyl (C=O) groups is 2. The Labute approximate surface area is 124 Å². The highest BCUT2D eigenvalue weighted by Crippen LogP contribution is 2.24. The first-order valence-electron chi connectivity index (χ1n) is 6.69. The molecular formula is C15H22N2O4. The van der Waals surface area contributed by atoms with E-state index in [0.29, 0.717) is 5.69 Å². The number of nitrogens with zero attached hydrogens (tertiary/aromatic N) is 1. The van der Waals surface area contributed by atoms with Gasteiger partial charge in [0.2, 0.25) is 0 Å². The minimum absolute atomic E-state index is 0.0535. The Morgan fingerprint density at radius 2 is 2.00 bits per heavy atom. The summed E-state index contributed by atoms with van der Waals surface area (Å²) in [7, 11) is 3.11. The highest BCUT2D eigenvalue weighted by molar-refractivity contribution is 5.94. The van der Waals surface area contributed by atoms with Crippen molar-refractivity contribution >= 4 is 17.7 Å². The second-order valence-electron chi connectivity index (χ2n) is 5.38. The number of hydrogen-bond acceptors (Lipinski definition) is 3. The summed E-state index contributed by atoms with van der Waals surface area (Å²) < 4.78 is 5.03. The van der Waals surface area contributed by atoms with Crippen LogP contribution in [-0.2, 0) is 0 Å². The largest absolute Gasteiger partial charge is 0.496 e. The summed E-state index contributed by atoms with van der Waals surface area (Å²) in [4.78, 5) is 24.8. The van der Waals surface area contributed by atoms with Gasteiger partial charge in [-0.2, -0.15) is 0 Å². The van der Waals surface area contributed by atoms with E-state index in [9.17, 15) is 9.59 Å². The van der Waals surface area contributed by atoms with Gasteiger partial charge in [0.15, 0.2) is 0 Å². The van der Waals surface area contributed by atoms with Crippen molar-refractivity contribution in [1.29, 1.82) is 0 Å². The number of aromatic carboxylic acids is 1. The van der Waals surface area contributed by atoms with Crippen molar-refractivity contribution in [3.63, 3.8) is 0 Å². The van der Waals surface area contributed by atoms with Gasteiger partial charge in [-0.1, -0.05) is 6.92 Å². The topological polar surface area (TPSA) is 78.9 Å². The fraction of sp³-hybridized carbons (Fsp3) is 0.467. The minimum Gasteiger partial charge on any atom is -0.496 e. The maximum atomic E-state index is 12.2. The fourth-order valence-corrected chi connectivity index (χ4v) is 1.67. The number of rotatable bonds is 5. The third kappa shape index (κ3) is 3.87. The number of methoxy groups -OCH3 is 1. The lowest BCUT2D eigenvalue weighted by Gasteiger charge is -2.34. The van der Waals surface area contributed by atoms with Gasteiger partial charge in [-0.3, -0.25) is 0 Å². The molecule has 6 nitrogen and oxygen atoms in total. The van der Waals surface area contributed by atoms with Crippen LogP contribution in [0.4, 0.5) is 10.5 Å². The molecule has 0 aliphatic heterocycles. The monoisotopic (exact) mass is 294 g/mol. The fourth-order valence-electron chi connectivity index (χ4n) is 1.67. The van der Waals surface area contributed by atoms with Gasteiger partial charge < -0.3 is 20.1 Å². The van der Waals surface area contributed by atoms with E-state index in [1.807, 2.05) is 20.8 Å². The van der Waals surface area contributed by atoms with E-state index >= 15 is 0 Å². The van der Waals surface area contributed by atoms with E-state index in [-0.39, 0.29) is 22.9 Å². The van der Waals surface area contributed by atoms with Crippen LogP contribution in [0.2, 0.25) is 0 Å². The second kappa shape index (κ2) is 6.47. The van der Waals surface area contributed by atoms with Crippen LogP contribution in [0.25, 0.3) is 0 Å². The van der Waals surface area contributed by atoms with Gasteiger partial charge in [0, 0.05) is 24.3 Å². The summed E-state index contributed by atoms with van der Waals surface area (Å²) >= 11 is 0. The van der Waals surface area contributed by atoms with E-state index in [2.05, 4.69) is 5.32 Å². The molecule has 0 atom stereocenters. The van der Waals surface area contributed by atoms with Gasteiger partial charge in [0.05, 0.1) is 7.11 Å². The number of anilines is 1. The number of ether oxygens (including phenoxy) is 1. The smallest absolute Gasteiger partial charge is 0.339 e. The third-order valence-electron chi connectivity index (χ3n) is 3.76. The predicted octanol–water partition coefficient (Wildman–Crippen LogP) is 3.05. The number of benzene rings is 1. The van der Waals surface area contributed by atoms with Crippen LogP contribution in [-0.4, -0.2) is 41.7 Å². The van der Waals surface area contributed by atoms with Crippen LogP contribution < -0.4 is 10.1 Å². The Bertz CT molecular complexity index is 540. The molecule has 6 heteroatoms. The molecule has 2 amide bonds. The molecule has 1 rings (SSSR count). The van der Waals surface area contributed by atoms with Crippen LogP contribution in [0.15, 0.2) is 18.2 Å². The number of carbonyl (C=O) groups excluding carboxylic acids is 1. The molecule has 1 aromatic carbocycles. The Morgan fingerprint density at radius 3 is 2.48 bits per heavy atom. The molecule has 0 heterocycles. The molecule has 0 spiro atoms. The standard InChI is InChI=1S/C15H22N2O4/c1-6-15(2,3)17(4)14(20)16-10-7-8-11(13(18)19)12(9-10)21-5/h7-9H,6H2,1-5H3,(H,16,20)(H,18,19). The summed E-state index contributed by atoms with van der Waals surface area (Å²) in [6, 6.07) is 4.18. The number of urea groups is 1. The van der Waals surface area contributed by atoms with Gasteiger partial charge >= 0.3 is 12.0 Å². The van der Waals surface area contributed by atoms with E-state index in [1.54, 1.807) is 11.9 Å². The normalized spacial score (nSPS) is 10.9. The molecule has 0 fully saturated rings. The molecule has 116 valence electrons. The maximum Gasteiger partial charge on any atom is 0.339 e. The van der Waals surface area contributed by atoms with E-state index in [4.69, 9.17) is 9.84 Å². The predicted molar refractivity (Wildman–Crippen MR) is 81.1 cm³/mol. The van der Waals surface area contributed by atoms with Crippen LogP contribution >= 0.6 is 0 Å². The van der Waals surface area contributed by atoms with Crippen molar-refractivity contribution in [3.8, 4) is 5.75 Å². The third-order valence-corrected chi connectivity index (χ3v) is 3.76. The van der Waals surface area contributed by atoms with Crippen molar-refractivity contribution in [2.24, 2.45) is 0 Å². The second-order valence-corrected chi connectivity index (χ2v) is 5.38. The lowest BCUT2D eigenvalue weighted by Crippen LogP contribution is -2.46. The average Bonchev–Trinajstić information content (AvgIpc) is 2.45. The minimum atomic E-state index is -1.08. The van der Waals surface area contributed by atoms with Gasteiger partial charge in [-0.25, -0.2) is 9.59 Å². The first-order valence-corrected chi connectivity index (χ1v) is 6.69. The lowest BCUT2D eigenvalue weighted by atomic mass is 10.0. The number of carboxylic acid groups (broad SMARTS) is 1. The quantitative estimate of drug-likeness (QED) is 0.874. The van der Waals surface area contributed by atoms with Crippen LogP contribution in [0.1, 0.15) is 37.6 Å². The average molecular weight is 294 g/mol. The summed E-state index contributed by atoms with van der Waals surface area (Å²) in [5.74, 6) is -0.869. The first-order chi connectivity index (χ1) is 9.72. The molecule has 0 saturated carbocycles. The van der Waals surface area contributed by atoms with Crippen molar-refractivity contribution in [2.45, 2.75) is 32.7 Å². The molecule has 0 aliphatic carbocycles. The van der Waals surface area contributed by atoms with Crippen molar-refractivity contribution in [3.05, 3.63) is 23.8 Å². The number of hydrogen-bond donors (Lipinski definition) is 2. The van der Waals surface area contributed by atoms with E-state index < -0.39 is 5.97 Å². The van der Waals surface area contributed by atoms with Crippen molar-refractivity contribution in [1.82, 2.24) is 4.90 Å². The maximum absolute atomic E-state index is 12.2. The van der Waals surface area contributed by atoms with E-state index in [0.717, 1.165) is 6.42 Å². The molecule has 0 unspecified atom stereocenters. The first kappa shape index (κ1) is 16.8. The highest BCUT2D eigenvalue weighted by Gasteiger charge is 2.25. The highest BCUT2D eigenvalue weighted by atomic mass is 16.5. The molecule has 0 aromatic heterocycles. The Hall–Kier alpha value is -2.24. The molecule has 0 aliphatic rings. The molecule has 0 radical (unpaired) electrons. The SMILES string of the molecule is CCC(C)(C)N(C)C(=O)Nc1ccc(C(=O)O)c(OC)c1. The summed E-state index contributed by atoms with van der Waals surface area (Å²) in [6.45, 7) is 5.95. The van der Waals surface area contributed by atoms with Crippen LogP contribution in [0, 0.1) is 0 Å². The lowest BCUT2D eigenvalue weighted by molar-refractivity contribution is 0.0693. The van der Waals surface area contributed by atoms with Gasteiger partial charge in [-0.05, 0) is 32.4 Å². The molecule has 0 saturated heterocycles. The molecule has 2 N–H and O–H groups in total.